The summed E-state index contributed by atoms with van der Waals surface area (Å²) >= 11 is 3.43. The third-order valence-corrected chi connectivity index (χ3v) is 5.19. The number of anilines is 2. The molecule has 25 heavy (non-hydrogen) atoms. The highest BCUT2D eigenvalue weighted by molar-refractivity contribution is 9.10. The van der Waals surface area contributed by atoms with Crippen molar-refractivity contribution in [2.24, 2.45) is 0 Å². The Morgan fingerprint density at radius 1 is 1.08 bits per heavy atom. The molecule has 0 saturated carbocycles. The zero-order valence-electron chi connectivity index (χ0n) is 14.7. The molecule has 132 valence electrons. The van der Waals surface area contributed by atoms with Gasteiger partial charge in [0.05, 0.1) is 6.04 Å². The fourth-order valence-electron chi connectivity index (χ4n) is 3.17. The molecule has 1 amide bonds. The van der Waals surface area contributed by atoms with Crippen LogP contribution >= 0.6 is 15.9 Å². The van der Waals surface area contributed by atoms with Crippen molar-refractivity contribution < 1.29 is 4.79 Å². The molecule has 4 nitrogen and oxygen atoms in total. The molecule has 1 unspecified atom stereocenters. The minimum Gasteiger partial charge on any atom is -0.369 e. The first-order chi connectivity index (χ1) is 12.0. The lowest BCUT2D eigenvalue weighted by Crippen LogP contribution is -2.52. The van der Waals surface area contributed by atoms with Crippen LogP contribution in [-0.2, 0) is 4.79 Å². The van der Waals surface area contributed by atoms with Gasteiger partial charge in [-0.3, -0.25) is 9.69 Å². The Hall–Kier alpha value is -1.85. The molecule has 1 saturated heterocycles. The van der Waals surface area contributed by atoms with E-state index in [0.717, 1.165) is 36.3 Å². The molecule has 0 bridgehead atoms. The molecular weight excluding hydrogens is 378 g/mol. The van der Waals surface area contributed by atoms with Crippen molar-refractivity contribution in [2.45, 2.75) is 19.9 Å². The Balaban J connectivity index is 1.56. The first-order valence-electron chi connectivity index (χ1n) is 8.65. The van der Waals surface area contributed by atoms with E-state index in [-0.39, 0.29) is 11.9 Å². The molecule has 1 fully saturated rings. The number of benzene rings is 2. The van der Waals surface area contributed by atoms with Gasteiger partial charge < -0.3 is 10.2 Å². The van der Waals surface area contributed by atoms with Crippen LogP contribution in [0.1, 0.15) is 12.5 Å². The highest BCUT2D eigenvalue weighted by Gasteiger charge is 2.25. The van der Waals surface area contributed by atoms with Crippen LogP contribution < -0.4 is 10.2 Å². The van der Waals surface area contributed by atoms with Crippen LogP contribution in [0.3, 0.4) is 0 Å². The van der Waals surface area contributed by atoms with E-state index in [1.807, 2.05) is 31.2 Å². The fourth-order valence-corrected chi connectivity index (χ4v) is 3.57. The van der Waals surface area contributed by atoms with Gasteiger partial charge in [-0.25, -0.2) is 0 Å². The number of carbonyl (C=O) groups is 1. The number of halogens is 1. The number of hydrogen-bond donors (Lipinski definition) is 1. The van der Waals surface area contributed by atoms with Gasteiger partial charge in [-0.05, 0) is 49.7 Å². The molecule has 1 N–H and O–H groups in total. The molecule has 5 heteroatoms. The van der Waals surface area contributed by atoms with E-state index in [9.17, 15) is 4.79 Å². The smallest absolute Gasteiger partial charge is 0.241 e. The minimum absolute atomic E-state index is 0.0436. The lowest BCUT2D eigenvalue weighted by atomic mass is 10.1. The van der Waals surface area contributed by atoms with Crippen molar-refractivity contribution in [1.82, 2.24) is 4.90 Å². The number of nitrogens with one attached hydrogen (secondary N) is 1. The zero-order valence-corrected chi connectivity index (χ0v) is 16.3. The van der Waals surface area contributed by atoms with Gasteiger partial charge >= 0.3 is 0 Å². The molecule has 1 aliphatic rings. The predicted molar refractivity (Wildman–Crippen MR) is 107 cm³/mol. The maximum absolute atomic E-state index is 12.5. The number of nitrogens with zero attached hydrogens (tertiary/aromatic N) is 2. The van der Waals surface area contributed by atoms with Crippen molar-refractivity contribution in [3.8, 4) is 0 Å². The molecule has 2 aromatic rings. The number of piperazine rings is 1. The van der Waals surface area contributed by atoms with Crippen molar-refractivity contribution in [3.05, 3.63) is 58.6 Å². The number of carbonyl (C=O) groups excluding carboxylic acids is 1. The van der Waals surface area contributed by atoms with Gasteiger partial charge in [-0.1, -0.05) is 34.1 Å². The summed E-state index contributed by atoms with van der Waals surface area (Å²) in [6.45, 7) is 7.77. The second-order valence-electron chi connectivity index (χ2n) is 6.54. The molecule has 1 atom stereocenters. The summed E-state index contributed by atoms with van der Waals surface area (Å²) in [6, 6.07) is 16.2. The Kier molecular flexibility index (Phi) is 5.76. The summed E-state index contributed by atoms with van der Waals surface area (Å²) in [5, 5.41) is 3.01. The molecule has 0 spiro atoms. The van der Waals surface area contributed by atoms with E-state index in [1.54, 1.807) is 0 Å². The van der Waals surface area contributed by atoms with Crippen LogP contribution in [0, 0.1) is 6.92 Å². The van der Waals surface area contributed by atoms with Crippen molar-refractivity contribution in [3.63, 3.8) is 0 Å². The predicted octanol–water partition coefficient (Wildman–Crippen LogP) is 3.91. The van der Waals surface area contributed by atoms with E-state index in [4.69, 9.17) is 0 Å². The van der Waals surface area contributed by atoms with Crippen LogP contribution in [0.25, 0.3) is 0 Å². The SMILES string of the molecule is Cc1cccc(N2CCN(C(C)C(=O)Nc3cccc(Br)c3)CC2)c1. The van der Waals surface area contributed by atoms with Gasteiger partial charge in [0.25, 0.3) is 0 Å². The van der Waals surface area contributed by atoms with Crippen molar-refractivity contribution in [2.75, 3.05) is 36.4 Å². The maximum atomic E-state index is 12.5. The molecule has 1 aliphatic heterocycles. The standard InChI is InChI=1S/C20H24BrN3O/c1-15-5-3-8-19(13-15)24-11-9-23(10-12-24)16(2)20(25)22-18-7-4-6-17(21)14-18/h3-8,13-14,16H,9-12H2,1-2H3,(H,22,25). The summed E-state index contributed by atoms with van der Waals surface area (Å²) in [4.78, 5) is 17.2. The third kappa shape index (κ3) is 4.61. The highest BCUT2D eigenvalue weighted by atomic mass is 79.9. The second-order valence-corrected chi connectivity index (χ2v) is 7.45. The number of rotatable bonds is 4. The molecule has 0 aromatic heterocycles. The Bertz CT molecular complexity index is 741. The van der Waals surface area contributed by atoms with E-state index in [1.165, 1.54) is 11.3 Å². The lowest BCUT2D eigenvalue weighted by molar-refractivity contribution is -0.120. The van der Waals surface area contributed by atoms with Gasteiger partial charge in [0, 0.05) is 42.0 Å². The van der Waals surface area contributed by atoms with E-state index in [2.05, 4.69) is 62.2 Å². The first kappa shape index (κ1) is 18.0. The number of amides is 1. The largest absolute Gasteiger partial charge is 0.369 e. The summed E-state index contributed by atoms with van der Waals surface area (Å²) in [7, 11) is 0. The molecule has 3 rings (SSSR count). The molecule has 0 aliphatic carbocycles. The summed E-state index contributed by atoms with van der Waals surface area (Å²) in [6.07, 6.45) is 0. The average Bonchev–Trinajstić information content (AvgIpc) is 2.61. The van der Waals surface area contributed by atoms with E-state index < -0.39 is 0 Å². The van der Waals surface area contributed by atoms with Crippen LogP contribution in [0.2, 0.25) is 0 Å². The summed E-state index contributed by atoms with van der Waals surface area (Å²) in [5.74, 6) is 0.0436. The van der Waals surface area contributed by atoms with Crippen LogP contribution in [-0.4, -0.2) is 43.0 Å². The average molecular weight is 402 g/mol. The molecule has 2 aromatic carbocycles. The Labute approximate surface area is 158 Å². The normalized spacial score (nSPS) is 16.5. The fraction of sp³-hybridized carbons (Fsp3) is 0.350. The topological polar surface area (TPSA) is 35.6 Å². The zero-order chi connectivity index (χ0) is 17.8. The van der Waals surface area contributed by atoms with Crippen LogP contribution in [0.5, 0.6) is 0 Å². The summed E-state index contributed by atoms with van der Waals surface area (Å²) < 4.78 is 0.963. The van der Waals surface area contributed by atoms with Gasteiger partial charge in [0.2, 0.25) is 5.91 Å². The van der Waals surface area contributed by atoms with Gasteiger partial charge in [-0.2, -0.15) is 0 Å². The van der Waals surface area contributed by atoms with E-state index >= 15 is 0 Å². The van der Waals surface area contributed by atoms with E-state index in [0.29, 0.717) is 0 Å². The van der Waals surface area contributed by atoms with Crippen LogP contribution in [0.15, 0.2) is 53.0 Å². The lowest BCUT2D eigenvalue weighted by Gasteiger charge is -2.38. The molecular formula is C20H24BrN3O. The number of aryl methyl sites for hydroxylation is 1. The Morgan fingerprint density at radius 2 is 1.80 bits per heavy atom. The van der Waals surface area contributed by atoms with Gasteiger partial charge in [-0.15, -0.1) is 0 Å². The second kappa shape index (κ2) is 8.02. The van der Waals surface area contributed by atoms with Gasteiger partial charge in [0.1, 0.15) is 0 Å². The Morgan fingerprint density at radius 3 is 2.48 bits per heavy atom. The summed E-state index contributed by atoms with van der Waals surface area (Å²) in [5.41, 5.74) is 3.37. The first-order valence-corrected chi connectivity index (χ1v) is 9.44. The molecule has 0 radical (unpaired) electrons. The number of hydrogen-bond acceptors (Lipinski definition) is 3. The van der Waals surface area contributed by atoms with Crippen molar-refractivity contribution in [1.29, 1.82) is 0 Å². The molecule has 1 heterocycles. The monoisotopic (exact) mass is 401 g/mol. The quantitative estimate of drug-likeness (QED) is 0.843. The van der Waals surface area contributed by atoms with Crippen molar-refractivity contribution >= 4 is 33.2 Å². The third-order valence-electron chi connectivity index (χ3n) is 4.70. The van der Waals surface area contributed by atoms with Gasteiger partial charge in [0.15, 0.2) is 0 Å². The maximum Gasteiger partial charge on any atom is 0.241 e. The highest BCUT2D eigenvalue weighted by Crippen LogP contribution is 2.20. The minimum atomic E-state index is -0.140. The van der Waals surface area contributed by atoms with Crippen LogP contribution in [0.4, 0.5) is 11.4 Å².